The summed E-state index contributed by atoms with van der Waals surface area (Å²) in [6.45, 7) is 1.90. The number of hydrogen-bond donors (Lipinski definition) is 1. The molecule has 0 saturated heterocycles. The number of halogens is 1. The van der Waals surface area contributed by atoms with E-state index < -0.39 is 0 Å². The average Bonchev–Trinajstić information content (AvgIpc) is 3.16. The zero-order valence-corrected chi connectivity index (χ0v) is 12.3. The van der Waals surface area contributed by atoms with Crippen LogP contribution in [0, 0.1) is 5.92 Å². The van der Waals surface area contributed by atoms with E-state index in [1.807, 2.05) is 12.1 Å². The topological polar surface area (TPSA) is 28.2 Å². The third-order valence-electron chi connectivity index (χ3n) is 4.19. The second-order valence-electron chi connectivity index (χ2n) is 5.93. The molecular formula is C15H22ClN3. The number of aromatic nitrogens is 1. The smallest absolute Gasteiger partial charge is 0.128 e. The van der Waals surface area contributed by atoms with Crippen molar-refractivity contribution in [3.05, 3.63) is 22.8 Å². The third kappa shape index (κ3) is 3.40. The van der Waals surface area contributed by atoms with E-state index in [0.717, 1.165) is 35.5 Å². The molecule has 2 fully saturated rings. The molecule has 2 saturated carbocycles. The van der Waals surface area contributed by atoms with Crippen LogP contribution in [-0.2, 0) is 6.54 Å². The lowest BCUT2D eigenvalue weighted by molar-refractivity contribution is 0.321. The maximum atomic E-state index is 6.23. The summed E-state index contributed by atoms with van der Waals surface area (Å²) < 4.78 is 0. The molecule has 3 rings (SSSR count). The molecule has 4 heteroatoms. The molecule has 1 N–H and O–H groups in total. The quantitative estimate of drug-likeness (QED) is 0.867. The Bertz CT molecular complexity index is 441. The fraction of sp³-hybridized carbons (Fsp3) is 0.667. The zero-order chi connectivity index (χ0) is 13.2. The maximum Gasteiger partial charge on any atom is 0.128 e. The van der Waals surface area contributed by atoms with Crippen molar-refractivity contribution in [1.82, 2.24) is 10.3 Å². The molecule has 1 aromatic rings. The highest BCUT2D eigenvalue weighted by molar-refractivity contribution is 6.31. The van der Waals surface area contributed by atoms with Gasteiger partial charge in [0.15, 0.2) is 0 Å². The Labute approximate surface area is 120 Å². The Morgan fingerprint density at radius 3 is 2.74 bits per heavy atom. The minimum atomic E-state index is 0.689. The van der Waals surface area contributed by atoms with Crippen LogP contribution in [0.15, 0.2) is 12.1 Å². The third-order valence-corrected chi connectivity index (χ3v) is 4.53. The van der Waals surface area contributed by atoms with Crippen molar-refractivity contribution in [1.29, 1.82) is 0 Å². The van der Waals surface area contributed by atoms with Crippen LogP contribution in [0.1, 0.15) is 37.8 Å². The summed E-state index contributed by atoms with van der Waals surface area (Å²) in [4.78, 5) is 6.98. The summed E-state index contributed by atoms with van der Waals surface area (Å²) in [7, 11) is 2.13. The minimum absolute atomic E-state index is 0.689. The normalized spacial score (nSPS) is 19.3. The van der Waals surface area contributed by atoms with Crippen molar-refractivity contribution in [2.75, 3.05) is 18.5 Å². The Hall–Kier alpha value is -0.800. The highest BCUT2D eigenvalue weighted by atomic mass is 35.5. The lowest BCUT2D eigenvalue weighted by Crippen LogP contribution is -2.30. The Balaban J connectivity index is 1.64. The highest BCUT2D eigenvalue weighted by Gasteiger charge is 2.22. The summed E-state index contributed by atoms with van der Waals surface area (Å²) in [5.74, 6) is 1.90. The SMILES string of the molecule is CN(CC1CCC1)c1ccc(Cl)c(CNC2CC2)n1. The van der Waals surface area contributed by atoms with Gasteiger partial charge in [-0.05, 0) is 43.7 Å². The van der Waals surface area contributed by atoms with E-state index in [4.69, 9.17) is 16.6 Å². The molecule has 19 heavy (non-hydrogen) atoms. The number of hydrogen-bond acceptors (Lipinski definition) is 3. The largest absolute Gasteiger partial charge is 0.359 e. The van der Waals surface area contributed by atoms with E-state index in [2.05, 4.69) is 17.3 Å². The van der Waals surface area contributed by atoms with Gasteiger partial charge in [-0.25, -0.2) is 4.98 Å². The number of nitrogens with zero attached hydrogens (tertiary/aromatic N) is 2. The van der Waals surface area contributed by atoms with E-state index >= 15 is 0 Å². The molecule has 0 aliphatic heterocycles. The minimum Gasteiger partial charge on any atom is -0.359 e. The van der Waals surface area contributed by atoms with Crippen molar-refractivity contribution in [2.45, 2.75) is 44.7 Å². The van der Waals surface area contributed by atoms with Gasteiger partial charge in [-0.1, -0.05) is 18.0 Å². The van der Waals surface area contributed by atoms with Crippen LogP contribution in [0.4, 0.5) is 5.82 Å². The zero-order valence-electron chi connectivity index (χ0n) is 11.5. The van der Waals surface area contributed by atoms with Crippen molar-refractivity contribution in [2.24, 2.45) is 5.92 Å². The summed E-state index contributed by atoms with van der Waals surface area (Å²) in [5.41, 5.74) is 0.978. The number of anilines is 1. The van der Waals surface area contributed by atoms with E-state index in [1.54, 1.807) is 0 Å². The van der Waals surface area contributed by atoms with Crippen molar-refractivity contribution >= 4 is 17.4 Å². The first-order chi connectivity index (χ1) is 9.22. The first-order valence-corrected chi connectivity index (χ1v) is 7.70. The lowest BCUT2D eigenvalue weighted by Gasteiger charge is -2.30. The number of rotatable bonds is 6. The molecule has 0 aromatic carbocycles. The fourth-order valence-corrected chi connectivity index (χ4v) is 2.67. The molecule has 2 aliphatic carbocycles. The molecular weight excluding hydrogens is 258 g/mol. The molecule has 0 amide bonds. The van der Waals surface area contributed by atoms with Gasteiger partial charge in [0, 0.05) is 26.2 Å². The van der Waals surface area contributed by atoms with Crippen molar-refractivity contribution in [3.8, 4) is 0 Å². The lowest BCUT2D eigenvalue weighted by atomic mass is 9.85. The van der Waals surface area contributed by atoms with Crippen LogP contribution in [-0.4, -0.2) is 24.6 Å². The second kappa shape index (κ2) is 5.68. The maximum absolute atomic E-state index is 6.23. The molecule has 104 valence electrons. The molecule has 1 heterocycles. The molecule has 2 aliphatic rings. The number of pyridine rings is 1. The highest BCUT2D eigenvalue weighted by Crippen LogP contribution is 2.28. The molecule has 0 atom stereocenters. The Morgan fingerprint density at radius 1 is 1.32 bits per heavy atom. The molecule has 0 radical (unpaired) electrons. The van der Waals surface area contributed by atoms with Gasteiger partial charge in [0.25, 0.3) is 0 Å². The number of nitrogens with one attached hydrogen (secondary N) is 1. The van der Waals surface area contributed by atoms with Crippen LogP contribution in [0.2, 0.25) is 5.02 Å². The summed E-state index contributed by atoms with van der Waals surface area (Å²) in [6.07, 6.45) is 6.71. The van der Waals surface area contributed by atoms with E-state index in [-0.39, 0.29) is 0 Å². The van der Waals surface area contributed by atoms with Crippen LogP contribution in [0.25, 0.3) is 0 Å². The first-order valence-electron chi connectivity index (χ1n) is 7.32. The van der Waals surface area contributed by atoms with E-state index in [0.29, 0.717) is 6.04 Å². The molecule has 0 spiro atoms. The Morgan fingerprint density at radius 2 is 2.11 bits per heavy atom. The standard InChI is InChI=1S/C15H22ClN3/c1-19(10-11-3-2-4-11)15-8-7-13(16)14(18-15)9-17-12-5-6-12/h7-8,11-12,17H,2-6,9-10H2,1H3. The van der Waals surface area contributed by atoms with Crippen LogP contribution < -0.4 is 10.2 Å². The van der Waals surface area contributed by atoms with E-state index in [9.17, 15) is 0 Å². The van der Waals surface area contributed by atoms with Crippen molar-refractivity contribution < 1.29 is 0 Å². The summed E-state index contributed by atoms with van der Waals surface area (Å²) in [5, 5.41) is 4.25. The second-order valence-corrected chi connectivity index (χ2v) is 6.34. The van der Waals surface area contributed by atoms with Gasteiger partial charge in [-0.2, -0.15) is 0 Å². The van der Waals surface area contributed by atoms with Gasteiger partial charge in [0.05, 0.1) is 10.7 Å². The summed E-state index contributed by atoms with van der Waals surface area (Å²) in [6, 6.07) is 4.70. The van der Waals surface area contributed by atoms with Crippen LogP contribution in [0.3, 0.4) is 0 Å². The fourth-order valence-electron chi connectivity index (χ4n) is 2.49. The molecule has 0 unspecified atom stereocenters. The summed E-state index contributed by atoms with van der Waals surface area (Å²) >= 11 is 6.23. The van der Waals surface area contributed by atoms with Gasteiger partial charge in [-0.15, -0.1) is 0 Å². The van der Waals surface area contributed by atoms with Crippen molar-refractivity contribution in [3.63, 3.8) is 0 Å². The van der Waals surface area contributed by atoms with E-state index in [1.165, 1.54) is 32.1 Å². The van der Waals surface area contributed by atoms with Gasteiger partial charge < -0.3 is 10.2 Å². The molecule has 0 bridgehead atoms. The van der Waals surface area contributed by atoms with Gasteiger partial charge in [0.1, 0.15) is 5.82 Å². The van der Waals surface area contributed by atoms with Gasteiger partial charge in [-0.3, -0.25) is 0 Å². The molecule has 1 aromatic heterocycles. The molecule has 3 nitrogen and oxygen atoms in total. The predicted octanol–water partition coefficient (Wildman–Crippen LogP) is 3.22. The monoisotopic (exact) mass is 279 g/mol. The predicted molar refractivity (Wildman–Crippen MR) is 79.7 cm³/mol. The first kappa shape index (κ1) is 13.2. The average molecular weight is 280 g/mol. The Kier molecular flexibility index (Phi) is 3.94. The van der Waals surface area contributed by atoms with Crippen LogP contribution >= 0.6 is 11.6 Å². The van der Waals surface area contributed by atoms with Gasteiger partial charge >= 0.3 is 0 Å². The van der Waals surface area contributed by atoms with Crippen LogP contribution in [0.5, 0.6) is 0 Å². The van der Waals surface area contributed by atoms with Gasteiger partial charge in [0.2, 0.25) is 0 Å².